The Hall–Kier alpha value is -3.59. The topological polar surface area (TPSA) is 110 Å². The van der Waals surface area contributed by atoms with Gasteiger partial charge in [-0.2, -0.15) is 4.98 Å². The van der Waals surface area contributed by atoms with Crippen LogP contribution in [-0.4, -0.2) is 96.8 Å². The number of nitrogens with zero attached hydrogens (tertiary/aromatic N) is 8. The summed E-state index contributed by atoms with van der Waals surface area (Å²) >= 11 is 0. The van der Waals surface area contributed by atoms with E-state index >= 15 is 8.78 Å². The Bertz CT molecular complexity index is 1480. The summed E-state index contributed by atoms with van der Waals surface area (Å²) in [4.78, 5) is 10.8. The number of likely N-dealkylation sites (tertiary alicyclic amines) is 1. The van der Waals surface area contributed by atoms with Crippen LogP contribution in [0.3, 0.4) is 0 Å². The quantitative estimate of drug-likeness (QED) is 0.346. The molecule has 0 aromatic carbocycles. The van der Waals surface area contributed by atoms with E-state index in [4.69, 9.17) is 4.74 Å². The number of rotatable bonds is 7. The monoisotopic (exact) mass is 534 g/mol. The molecule has 0 amide bonds. The zero-order valence-electron chi connectivity index (χ0n) is 20.7. The summed E-state index contributed by atoms with van der Waals surface area (Å²) in [5.41, 5.74) is 1.92. The summed E-state index contributed by atoms with van der Waals surface area (Å²) in [5, 5.41) is 17.9. The molecule has 2 aliphatic heterocycles. The first-order valence-electron chi connectivity index (χ1n) is 12.2. The maximum atomic E-state index is 15.1. The van der Waals surface area contributed by atoms with Gasteiger partial charge in [-0.3, -0.25) is 4.90 Å². The number of hydrogen-bond acceptors (Lipinski definition) is 9. The molecule has 0 spiro atoms. The van der Waals surface area contributed by atoms with Crippen molar-refractivity contribution in [2.75, 3.05) is 44.0 Å². The fourth-order valence-electron chi connectivity index (χ4n) is 5.04. The standard InChI is InChI=1S/C23H26F4N10O/c1-22(11-38-12-22)35-7-6-16(23(26,27)10-35)30-21-31-19(28-2)18-13(5-8-36(18)33-21)14-3-4-15-20(29-14)37(34-32-15)9-17(24)25/h3-5,8,16-17H,6-7,9-12H2,1-2H3,(H2,28,30,31,33)/t16-/m1/s1. The van der Waals surface area contributed by atoms with Gasteiger partial charge in [0.05, 0.1) is 37.0 Å². The van der Waals surface area contributed by atoms with Gasteiger partial charge in [0.1, 0.15) is 17.6 Å². The minimum atomic E-state index is -2.99. The molecule has 2 N–H and O–H groups in total. The molecule has 0 aliphatic carbocycles. The lowest BCUT2D eigenvalue weighted by Gasteiger charge is -2.51. The summed E-state index contributed by atoms with van der Waals surface area (Å²) in [6.07, 6.45) is -0.720. The molecule has 4 aromatic heterocycles. The molecular formula is C23H26F4N10O. The van der Waals surface area contributed by atoms with Crippen molar-refractivity contribution in [2.24, 2.45) is 0 Å². The minimum Gasteiger partial charge on any atom is -0.377 e. The smallest absolute Gasteiger partial charge is 0.280 e. The molecule has 4 aromatic rings. The molecule has 2 fully saturated rings. The van der Waals surface area contributed by atoms with Crippen molar-refractivity contribution in [1.82, 2.24) is 39.5 Å². The molecule has 2 aliphatic rings. The first-order chi connectivity index (χ1) is 18.2. The lowest BCUT2D eigenvalue weighted by molar-refractivity contribution is -0.174. The second kappa shape index (κ2) is 9.01. The second-order valence-electron chi connectivity index (χ2n) is 9.92. The van der Waals surface area contributed by atoms with Crippen molar-refractivity contribution < 1.29 is 22.3 Å². The number of hydrogen-bond donors (Lipinski definition) is 2. The van der Waals surface area contributed by atoms with E-state index in [1.807, 2.05) is 6.92 Å². The van der Waals surface area contributed by atoms with Gasteiger partial charge in [-0.25, -0.2) is 31.7 Å². The Morgan fingerprint density at radius 3 is 2.68 bits per heavy atom. The average Bonchev–Trinajstić information content (AvgIpc) is 3.46. The summed E-state index contributed by atoms with van der Waals surface area (Å²) < 4.78 is 64.0. The van der Waals surface area contributed by atoms with Gasteiger partial charge in [0.2, 0.25) is 5.95 Å². The third-order valence-electron chi connectivity index (χ3n) is 7.19. The van der Waals surface area contributed by atoms with E-state index in [0.717, 1.165) is 4.68 Å². The van der Waals surface area contributed by atoms with Gasteiger partial charge in [0.15, 0.2) is 11.5 Å². The number of fused-ring (bicyclic) bond motifs is 2. The fraction of sp³-hybridized carbons (Fsp3) is 0.522. The van der Waals surface area contributed by atoms with E-state index in [0.29, 0.717) is 47.9 Å². The molecule has 2 saturated heterocycles. The van der Waals surface area contributed by atoms with Crippen molar-refractivity contribution in [3.8, 4) is 11.3 Å². The first kappa shape index (κ1) is 24.7. The van der Waals surface area contributed by atoms with E-state index < -0.39 is 24.9 Å². The highest BCUT2D eigenvalue weighted by Crippen LogP contribution is 2.36. The molecule has 0 unspecified atom stereocenters. The number of piperidine rings is 1. The fourth-order valence-corrected chi connectivity index (χ4v) is 5.04. The molecule has 0 saturated carbocycles. The maximum Gasteiger partial charge on any atom is 0.280 e. The number of pyridine rings is 1. The Morgan fingerprint density at radius 1 is 1.18 bits per heavy atom. The Morgan fingerprint density at radius 2 is 2.00 bits per heavy atom. The van der Waals surface area contributed by atoms with Crippen molar-refractivity contribution in [1.29, 1.82) is 0 Å². The van der Waals surface area contributed by atoms with Gasteiger partial charge in [-0.1, -0.05) is 5.21 Å². The van der Waals surface area contributed by atoms with Gasteiger partial charge < -0.3 is 15.4 Å². The number of anilines is 2. The van der Waals surface area contributed by atoms with Gasteiger partial charge in [-0.15, -0.1) is 10.2 Å². The maximum absolute atomic E-state index is 15.1. The number of nitrogens with one attached hydrogen (secondary N) is 2. The van der Waals surface area contributed by atoms with Crippen LogP contribution < -0.4 is 10.6 Å². The Balaban J connectivity index is 1.29. The van der Waals surface area contributed by atoms with Crippen LogP contribution in [0.5, 0.6) is 0 Å². The van der Waals surface area contributed by atoms with Gasteiger partial charge >= 0.3 is 0 Å². The van der Waals surface area contributed by atoms with Crippen LogP contribution in [0.25, 0.3) is 27.9 Å². The average molecular weight is 535 g/mol. The normalized spacial score (nSPS) is 21.2. The third-order valence-corrected chi connectivity index (χ3v) is 7.19. The van der Waals surface area contributed by atoms with Crippen molar-refractivity contribution in [3.05, 3.63) is 24.4 Å². The highest BCUT2D eigenvalue weighted by molar-refractivity contribution is 5.89. The molecule has 6 heterocycles. The second-order valence-corrected chi connectivity index (χ2v) is 9.92. The number of ether oxygens (including phenoxy) is 1. The van der Waals surface area contributed by atoms with Crippen LogP contribution in [0.15, 0.2) is 24.4 Å². The van der Waals surface area contributed by atoms with Crippen molar-refractivity contribution >= 4 is 28.4 Å². The van der Waals surface area contributed by atoms with Crippen molar-refractivity contribution in [3.63, 3.8) is 0 Å². The number of halogens is 4. The lowest BCUT2D eigenvalue weighted by Crippen LogP contribution is -2.67. The Labute approximate surface area is 214 Å². The molecule has 6 rings (SSSR count). The molecule has 1 atom stereocenters. The summed E-state index contributed by atoms with van der Waals surface area (Å²) in [5.74, 6) is -2.54. The Kier molecular flexibility index (Phi) is 5.86. The summed E-state index contributed by atoms with van der Waals surface area (Å²) in [6, 6.07) is 3.97. The molecule has 15 heteroatoms. The minimum absolute atomic E-state index is 0.0583. The lowest BCUT2D eigenvalue weighted by atomic mass is 9.91. The van der Waals surface area contributed by atoms with Gasteiger partial charge in [0.25, 0.3) is 12.3 Å². The van der Waals surface area contributed by atoms with E-state index in [9.17, 15) is 8.78 Å². The van der Waals surface area contributed by atoms with Crippen LogP contribution in [0.4, 0.5) is 29.3 Å². The van der Waals surface area contributed by atoms with E-state index in [-0.39, 0.29) is 30.1 Å². The van der Waals surface area contributed by atoms with Crippen molar-refractivity contribution in [2.45, 2.75) is 43.8 Å². The van der Waals surface area contributed by atoms with Crippen LogP contribution in [0.1, 0.15) is 13.3 Å². The number of alkyl halides is 4. The van der Waals surface area contributed by atoms with Crippen LogP contribution in [0, 0.1) is 0 Å². The third kappa shape index (κ3) is 4.18. The predicted octanol–water partition coefficient (Wildman–Crippen LogP) is 2.75. The zero-order chi connectivity index (χ0) is 26.7. The zero-order valence-corrected chi connectivity index (χ0v) is 20.7. The first-order valence-corrected chi connectivity index (χ1v) is 12.2. The molecule has 202 valence electrons. The predicted molar refractivity (Wildman–Crippen MR) is 131 cm³/mol. The van der Waals surface area contributed by atoms with Gasteiger partial charge in [-0.05, 0) is 31.5 Å². The van der Waals surface area contributed by atoms with Crippen LogP contribution in [-0.2, 0) is 11.3 Å². The highest BCUT2D eigenvalue weighted by atomic mass is 19.3. The SMILES string of the molecule is CNc1nc(N[C@@H]2CCN(C3(C)COC3)CC2(F)F)nn2ccc(-c3ccc4nnn(CC(F)F)c4n3)c12. The summed E-state index contributed by atoms with van der Waals surface area (Å²) in [6.45, 7) is 2.36. The molecule has 11 nitrogen and oxygen atoms in total. The van der Waals surface area contributed by atoms with E-state index in [1.165, 1.54) is 4.52 Å². The molecule has 0 radical (unpaired) electrons. The molecule has 0 bridgehead atoms. The molecular weight excluding hydrogens is 508 g/mol. The van der Waals surface area contributed by atoms with Crippen LogP contribution in [0.2, 0.25) is 0 Å². The van der Waals surface area contributed by atoms with Crippen LogP contribution >= 0.6 is 0 Å². The summed E-state index contributed by atoms with van der Waals surface area (Å²) in [7, 11) is 1.66. The van der Waals surface area contributed by atoms with E-state index in [1.54, 1.807) is 36.3 Å². The van der Waals surface area contributed by atoms with Gasteiger partial charge in [0, 0.05) is 25.4 Å². The largest absolute Gasteiger partial charge is 0.377 e. The van der Waals surface area contributed by atoms with E-state index in [2.05, 4.69) is 36.0 Å². The number of aromatic nitrogens is 7. The highest BCUT2D eigenvalue weighted by Gasteiger charge is 2.51. The molecule has 38 heavy (non-hydrogen) atoms.